The molecule has 146 valence electrons. The highest BCUT2D eigenvalue weighted by molar-refractivity contribution is 7.90. The van der Waals surface area contributed by atoms with Crippen LogP contribution < -0.4 is 0 Å². The summed E-state index contributed by atoms with van der Waals surface area (Å²) in [6.45, 7) is 1.96. The Hall–Kier alpha value is -2.89. The van der Waals surface area contributed by atoms with Gasteiger partial charge in [0.15, 0.2) is 16.1 Å². The molecule has 4 rings (SSSR count). The molecule has 2 aromatic carbocycles. The molecule has 0 fully saturated rings. The summed E-state index contributed by atoms with van der Waals surface area (Å²) in [5, 5.41) is 0.405. The second-order valence-corrected chi connectivity index (χ2v) is 9.34. The lowest BCUT2D eigenvalue weighted by atomic mass is 10.1. The Kier molecular flexibility index (Phi) is 5.03. The smallest absolute Gasteiger partial charge is 0.183 e. The normalized spacial score (nSPS) is 11.7. The molecule has 0 aliphatic rings. The highest BCUT2D eigenvalue weighted by atomic mass is 35.5. The second kappa shape index (κ2) is 7.50. The number of carbonyl (C=O) groups is 1. The zero-order valence-electron chi connectivity index (χ0n) is 15.7. The first kappa shape index (κ1) is 19.4. The molecule has 0 aliphatic carbocycles. The van der Waals surface area contributed by atoms with Gasteiger partial charge in [0.1, 0.15) is 0 Å². The van der Waals surface area contributed by atoms with Gasteiger partial charge in [-0.2, -0.15) is 0 Å². The number of aryl methyl sites for hydroxylation is 1. The lowest BCUT2D eigenvalue weighted by Gasteiger charge is -2.11. The first-order valence-corrected chi connectivity index (χ1v) is 11.1. The molecule has 0 aliphatic heterocycles. The fourth-order valence-corrected chi connectivity index (χ4v) is 5.24. The summed E-state index contributed by atoms with van der Waals surface area (Å²) in [6.07, 6.45) is 2.55. The maximum Gasteiger partial charge on any atom is 0.183 e. The maximum absolute atomic E-state index is 13.2. The molecule has 0 saturated carbocycles. The Labute approximate surface area is 174 Å². The van der Waals surface area contributed by atoms with E-state index in [1.54, 1.807) is 47.0 Å². The van der Waals surface area contributed by atoms with Gasteiger partial charge in [0, 0.05) is 27.9 Å². The quantitative estimate of drug-likeness (QED) is 0.406. The van der Waals surface area contributed by atoms with E-state index in [4.69, 9.17) is 11.6 Å². The molecule has 0 spiro atoms. The molecular formula is C23H18ClNO3S. The standard InChI is InChI=1S/C23H18ClNO3S/c1-16-9-10-25-19(11-16)13-20(22(25)14-26)21-12-18(24)7-8-23(21)29(27,28)15-17-5-3-2-4-6-17/h2-14H,15H2,1H3. The molecule has 0 radical (unpaired) electrons. The Morgan fingerprint density at radius 2 is 1.72 bits per heavy atom. The average molecular weight is 424 g/mol. The zero-order chi connectivity index (χ0) is 20.6. The summed E-state index contributed by atoms with van der Waals surface area (Å²) >= 11 is 6.21. The molecule has 0 bridgehead atoms. The van der Waals surface area contributed by atoms with Crippen LogP contribution >= 0.6 is 11.6 Å². The van der Waals surface area contributed by atoms with Crippen LogP contribution in [-0.2, 0) is 15.6 Å². The number of halogens is 1. The first-order valence-electron chi connectivity index (χ1n) is 9.02. The minimum Gasteiger partial charge on any atom is -0.314 e. The van der Waals surface area contributed by atoms with Crippen LogP contribution in [0, 0.1) is 6.92 Å². The van der Waals surface area contributed by atoms with Gasteiger partial charge in [-0.1, -0.05) is 41.9 Å². The van der Waals surface area contributed by atoms with Gasteiger partial charge in [0.2, 0.25) is 0 Å². The number of aldehydes is 1. The van der Waals surface area contributed by atoms with Gasteiger partial charge in [-0.25, -0.2) is 8.42 Å². The number of sulfone groups is 1. The van der Waals surface area contributed by atoms with Gasteiger partial charge < -0.3 is 4.40 Å². The molecule has 2 aromatic heterocycles. The molecule has 4 aromatic rings. The number of benzene rings is 2. The van der Waals surface area contributed by atoms with E-state index in [1.807, 2.05) is 31.2 Å². The van der Waals surface area contributed by atoms with Crippen LogP contribution in [0.4, 0.5) is 0 Å². The van der Waals surface area contributed by atoms with Crippen molar-refractivity contribution in [1.82, 2.24) is 4.40 Å². The van der Waals surface area contributed by atoms with Crippen LogP contribution in [0.25, 0.3) is 16.6 Å². The molecule has 0 N–H and O–H groups in total. The maximum atomic E-state index is 13.2. The minimum atomic E-state index is -3.66. The highest BCUT2D eigenvalue weighted by Gasteiger charge is 2.23. The predicted molar refractivity (Wildman–Crippen MR) is 115 cm³/mol. The topological polar surface area (TPSA) is 55.6 Å². The number of fused-ring (bicyclic) bond motifs is 1. The number of hydrogen-bond donors (Lipinski definition) is 0. The highest BCUT2D eigenvalue weighted by Crippen LogP contribution is 2.35. The molecule has 0 unspecified atom stereocenters. The second-order valence-electron chi connectivity index (χ2n) is 6.95. The van der Waals surface area contributed by atoms with Crippen LogP contribution in [0.5, 0.6) is 0 Å². The summed E-state index contributed by atoms with van der Waals surface area (Å²) < 4.78 is 28.2. The predicted octanol–water partition coefficient (Wildman–Crippen LogP) is 5.35. The molecule has 4 nitrogen and oxygen atoms in total. The molecule has 0 atom stereocenters. The summed E-state index contributed by atoms with van der Waals surface area (Å²) in [5.74, 6) is -0.134. The number of pyridine rings is 1. The Balaban J connectivity index is 1.93. The van der Waals surface area contributed by atoms with E-state index in [2.05, 4.69) is 0 Å². The summed E-state index contributed by atoms with van der Waals surface area (Å²) in [6, 6.07) is 19.4. The number of carbonyl (C=O) groups excluding carboxylic acids is 1. The Bertz CT molecular complexity index is 1330. The van der Waals surface area contributed by atoms with E-state index in [0.717, 1.165) is 17.4 Å². The summed E-state index contributed by atoms with van der Waals surface area (Å²) in [5.41, 5.74) is 3.91. The Morgan fingerprint density at radius 3 is 2.45 bits per heavy atom. The van der Waals surface area contributed by atoms with Gasteiger partial charge in [-0.05, 0) is 54.4 Å². The molecule has 29 heavy (non-hydrogen) atoms. The van der Waals surface area contributed by atoms with Gasteiger partial charge in [0.25, 0.3) is 0 Å². The molecule has 0 amide bonds. The van der Waals surface area contributed by atoms with Crippen LogP contribution in [0.15, 0.2) is 77.8 Å². The van der Waals surface area contributed by atoms with Crippen molar-refractivity contribution in [2.75, 3.05) is 0 Å². The fraction of sp³-hybridized carbons (Fsp3) is 0.0870. The number of hydrogen-bond acceptors (Lipinski definition) is 3. The Morgan fingerprint density at radius 1 is 0.966 bits per heavy atom. The summed E-state index contributed by atoms with van der Waals surface area (Å²) in [7, 11) is -3.66. The van der Waals surface area contributed by atoms with E-state index in [1.165, 1.54) is 6.07 Å². The molecule has 2 heterocycles. The third-order valence-electron chi connectivity index (χ3n) is 4.85. The molecular weight excluding hydrogens is 406 g/mol. The first-order chi connectivity index (χ1) is 13.9. The largest absolute Gasteiger partial charge is 0.314 e. The van der Waals surface area contributed by atoms with Crippen molar-refractivity contribution in [2.45, 2.75) is 17.6 Å². The lowest BCUT2D eigenvalue weighted by Crippen LogP contribution is -2.07. The van der Waals surface area contributed by atoms with Gasteiger partial charge in [0.05, 0.1) is 16.3 Å². The van der Waals surface area contributed by atoms with Crippen LogP contribution in [0.3, 0.4) is 0 Å². The molecule has 6 heteroatoms. The third-order valence-corrected chi connectivity index (χ3v) is 6.82. The third kappa shape index (κ3) is 3.71. The van der Waals surface area contributed by atoms with Crippen molar-refractivity contribution in [3.8, 4) is 11.1 Å². The van der Waals surface area contributed by atoms with Gasteiger partial charge >= 0.3 is 0 Å². The number of aromatic nitrogens is 1. The van der Waals surface area contributed by atoms with Crippen LogP contribution in [0.2, 0.25) is 5.02 Å². The van der Waals surface area contributed by atoms with E-state index < -0.39 is 9.84 Å². The zero-order valence-corrected chi connectivity index (χ0v) is 17.2. The fourth-order valence-electron chi connectivity index (χ4n) is 3.50. The van der Waals surface area contributed by atoms with Gasteiger partial charge in [-0.3, -0.25) is 4.79 Å². The van der Waals surface area contributed by atoms with Crippen molar-refractivity contribution < 1.29 is 13.2 Å². The van der Waals surface area contributed by atoms with Crippen LogP contribution in [0.1, 0.15) is 21.6 Å². The molecule has 0 saturated heterocycles. The van der Waals surface area contributed by atoms with Crippen molar-refractivity contribution in [2.24, 2.45) is 0 Å². The van der Waals surface area contributed by atoms with Crippen LogP contribution in [-0.4, -0.2) is 19.1 Å². The van der Waals surface area contributed by atoms with E-state index in [-0.39, 0.29) is 10.6 Å². The van der Waals surface area contributed by atoms with Crippen molar-refractivity contribution in [3.05, 3.63) is 94.8 Å². The minimum absolute atomic E-state index is 0.134. The number of nitrogens with zero attached hydrogens (tertiary/aromatic N) is 1. The van der Waals surface area contributed by atoms with E-state index in [9.17, 15) is 13.2 Å². The average Bonchev–Trinajstić information content (AvgIpc) is 3.05. The van der Waals surface area contributed by atoms with Gasteiger partial charge in [-0.15, -0.1) is 0 Å². The monoisotopic (exact) mass is 423 g/mol. The van der Waals surface area contributed by atoms with Crippen molar-refractivity contribution in [3.63, 3.8) is 0 Å². The van der Waals surface area contributed by atoms with Crippen molar-refractivity contribution >= 4 is 33.2 Å². The SMILES string of the molecule is Cc1ccn2c(C=O)c(-c3cc(Cl)ccc3S(=O)(=O)Cc3ccccc3)cc2c1. The van der Waals surface area contributed by atoms with E-state index in [0.29, 0.717) is 27.4 Å². The van der Waals surface area contributed by atoms with Crippen molar-refractivity contribution in [1.29, 1.82) is 0 Å². The number of rotatable bonds is 5. The van der Waals surface area contributed by atoms with E-state index >= 15 is 0 Å². The lowest BCUT2D eigenvalue weighted by molar-refractivity contribution is 0.111. The summed E-state index contributed by atoms with van der Waals surface area (Å²) in [4.78, 5) is 12.0.